The molecule has 27 heavy (non-hydrogen) atoms. The molecule has 0 aliphatic heterocycles. The summed E-state index contributed by atoms with van der Waals surface area (Å²) < 4.78 is 0. The van der Waals surface area contributed by atoms with Crippen LogP contribution < -0.4 is 0 Å². The number of aliphatic hydroxyl groups is 1. The minimum absolute atomic E-state index is 0.0276. The first kappa shape index (κ1) is 18.5. The molecule has 4 aliphatic carbocycles. The monoisotopic (exact) mass is 378 g/mol. The van der Waals surface area contributed by atoms with Gasteiger partial charge in [0.15, 0.2) is 0 Å². The second kappa shape index (κ2) is 5.34. The smallest absolute Gasteiger partial charge is 0.310 e. The highest BCUT2D eigenvalue weighted by Gasteiger charge is 2.81. The van der Waals surface area contributed by atoms with Gasteiger partial charge in [-0.2, -0.15) is 0 Å². The molecule has 0 saturated heterocycles. The van der Waals surface area contributed by atoms with E-state index in [-0.39, 0.29) is 18.8 Å². The fourth-order valence-corrected chi connectivity index (χ4v) is 7.74. The van der Waals surface area contributed by atoms with Crippen molar-refractivity contribution in [1.82, 2.24) is 0 Å². The Morgan fingerprint density at radius 3 is 2.30 bits per heavy atom. The lowest BCUT2D eigenvalue weighted by Crippen LogP contribution is -2.54. The standard InChI is InChI=1S/C20H26O7/c1-9-10-4-5-11-19(17(26)27)7-3-6-18(2,16(24)25)13(19)12(15(22)23)20(11,8-10)14(9)21/h10-14,21H,1,3-8H2,2H3,(H,22,23)(H,24,25)(H,26,27). The predicted molar refractivity (Wildman–Crippen MR) is 92.7 cm³/mol. The van der Waals surface area contributed by atoms with Crippen molar-refractivity contribution in [3.63, 3.8) is 0 Å². The Hall–Kier alpha value is -1.89. The summed E-state index contributed by atoms with van der Waals surface area (Å²) in [4.78, 5) is 37.4. The molecular formula is C20H26O7. The fourth-order valence-electron chi connectivity index (χ4n) is 7.74. The van der Waals surface area contributed by atoms with Crippen LogP contribution in [0.5, 0.6) is 0 Å². The molecule has 0 aromatic rings. The molecule has 2 bridgehead atoms. The van der Waals surface area contributed by atoms with Crippen molar-refractivity contribution in [2.24, 2.45) is 39.9 Å². The lowest BCUT2D eigenvalue weighted by molar-refractivity contribution is -0.177. The Labute approximate surface area is 157 Å². The Balaban J connectivity index is 2.03. The summed E-state index contributed by atoms with van der Waals surface area (Å²) in [6.07, 6.45) is 1.37. The van der Waals surface area contributed by atoms with E-state index in [0.29, 0.717) is 31.3 Å². The number of aliphatic carboxylic acids is 3. The Kier molecular flexibility index (Phi) is 3.65. The molecule has 4 fully saturated rings. The van der Waals surface area contributed by atoms with Gasteiger partial charge in [-0.3, -0.25) is 14.4 Å². The molecule has 1 spiro atoms. The second-order valence-electron chi connectivity index (χ2n) is 9.34. The number of carboxylic acids is 3. The van der Waals surface area contributed by atoms with Crippen molar-refractivity contribution in [3.05, 3.63) is 12.2 Å². The lowest BCUT2D eigenvalue weighted by Gasteiger charge is -2.49. The highest BCUT2D eigenvalue weighted by molar-refractivity contribution is 5.86. The maximum atomic E-state index is 12.7. The minimum Gasteiger partial charge on any atom is -0.481 e. The zero-order chi connectivity index (χ0) is 19.9. The molecule has 8 atom stereocenters. The van der Waals surface area contributed by atoms with Gasteiger partial charge in [-0.1, -0.05) is 13.0 Å². The van der Waals surface area contributed by atoms with Gasteiger partial charge in [0.25, 0.3) is 0 Å². The van der Waals surface area contributed by atoms with E-state index in [1.165, 1.54) is 6.92 Å². The molecule has 7 nitrogen and oxygen atoms in total. The van der Waals surface area contributed by atoms with Gasteiger partial charge in [-0.25, -0.2) is 0 Å². The van der Waals surface area contributed by atoms with E-state index in [2.05, 4.69) is 6.58 Å². The lowest BCUT2D eigenvalue weighted by atomic mass is 9.52. The largest absolute Gasteiger partial charge is 0.481 e. The van der Waals surface area contributed by atoms with Crippen molar-refractivity contribution >= 4 is 17.9 Å². The first-order valence-corrected chi connectivity index (χ1v) is 9.61. The van der Waals surface area contributed by atoms with E-state index < -0.39 is 58.0 Å². The number of carboxylic acid groups (broad SMARTS) is 3. The molecule has 7 heteroatoms. The molecular weight excluding hydrogens is 352 g/mol. The summed E-state index contributed by atoms with van der Waals surface area (Å²) in [6, 6.07) is 0. The molecule has 4 rings (SSSR count). The quantitative estimate of drug-likeness (QED) is 0.552. The van der Waals surface area contributed by atoms with Crippen LogP contribution in [0.3, 0.4) is 0 Å². The van der Waals surface area contributed by atoms with Crippen molar-refractivity contribution in [1.29, 1.82) is 0 Å². The summed E-state index contributed by atoms with van der Waals surface area (Å²) in [6.45, 7) is 5.47. The summed E-state index contributed by atoms with van der Waals surface area (Å²) in [5.74, 6) is -6.32. The van der Waals surface area contributed by atoms with Gasteiger partial charge in [0.1, 0.15) is 0 Å². The highest BCUT2D eigenvalue weighted by atomic mass is 16.4. The number of rotatable bonds is 3. The van der Waals surface area contributed by atoms with Crippen molar-refractivity contribution in [2.75, 3.05) is 0 Å². The molecule has 4 saturated carbocycles. The number of fused-ring (bicyclic) bond motifs is 3. The van der Waals surface area contributed by atoms with E-state index in [9.17, 15) is 34.8 Å². The van der Waals surface area contributed by atoms with Crippen LogP contribution in [0.4, 0.5) is 0 Å². The molecule has 8 unspecified atom stereocenters. The maximum Gasteiger partial charge on any atom is 0.310 e. The minimum atomic E-state index is -1.45. The van der Waals surface area contributed by atoms with Gasteiger partial charge in [0.05, 0.1) is 22.9 Å². The van der Waals surface area contributed by atoms with E-state index in [0.717, 1.165) is 0 Å². The third kappa shape index (κ3) is 1.84. The zero-order valence-corrected chi connectivity index (χ0v) is 15.4. The second-order valence-corrected chi connectivity index (χ2v) is 9.34. The van der Waals surface area contributed by atoms with Crippen molar-refractivity contribution < 1.29 is 34.8 Å². The first-order valence-electron chi connectivity index (χ1n) is 9.61. The van der Waals surface area contributed by atoms with Crippen LogP contribution in [0, 0.1) is 39.9 Å². The predicted octanol–water partition coefficient (Wildman–Crippen LogP) is 2.00. The van der Waals surface area contributed by atoms with Crippen LogP contribution in [0.1, 0.15) is 45.4 Å². The normalized spacial score (nSPS) is 50.7. The van der Waals surface area contributed by atoms with Crippen LogP contribution in [0.25, 0.3) is 0 Å². The average Bonchev–Trinajstić information content (AvgIpc) is 2.99. The van der Waals surface area contributed by atoms with Gasteiger partial charge in [-0.15, -0.1) is 0 Å². The SMILES string of the molecule is C=C1C2CCC3C4(C(=O)O)CCCC(C)(C(=O)O)C4C(C(=O)O)C3(C2)C1O. The number of carbonyl (C=O) groups is 3. The highest BCUT2D eigenvalue weighted by Crippen LogP contribution is 2.77. The Morgan fingerprint density at radius 2 is 1.74 bits per heavy atom. The van der Waals surface area contributed by atoms with E-state index in [1.807, 2.05) is 0 Å². The molecule has 4 N–H and O–H groups in total. The van der Waals surface area contributed by atoms with Gasteiger partial charge >= 0.3 is 17.9 Å². The van der Waals surface area contributed by atoms with Gasteiger partial charge in [0.2, 0.25) is 0 Å². The van der Waals surface area contributed by atoms with Crippen molar-refractivity contribution in [2.45, 2.75) is 51.6 Å². The fraction of sp³-hybridized carbons (Fsp3) is 0.750. The van der Waals surface area contributed by atoms with Gasteiger partial charge < -0.3 is 20.4 Å². The van der Waals surface area contributed by atoms with Crippen LogP contribution in [0.2, 0.25) is 0 Å². The molecule has 4 aliphatic rings. The number of hydrogen-bond acceptors (Lipinski definition) is 4. The van der Waals surface area contributed by atoms with Crippen LogP contribution >= 0.6 is 0 Å². The summed E-state index contributed by atoms with van der Waals surface area (Å²) in [5, 5.41) is 41.6. The third-order valence-electron chi connectivity index (χ3n) is 8.65. The molecule has 0 aromatic heterocycles. The molecule has 0 amide bonds. The topological polar surface area (TPSA) is 132 Å². The maximum absolute atomic E-state index is 12.7. The molecule has 0 radical (unpaired) electrons. The van der Waals surface area contributed by atoms with Crippen LogP contribution in [-0.4, -0.2) is 44.4 Å². The van der Waals surface area contributed by atoms with E-state index in [4.69, 9.17) is 0 Å². The summed E-state index contributed by atoms with van der Waals surface area (Å²) in [7, 11) is 0. The zero-order valence-electron chi connectivity index (χ0n) is 15.4. The first-order chi connectivity index (χ1) is 12.5. The van der Waals surface area contributed by atoms with Gasteiger partial charge in [0, 0.05) is 11.3 Å². The molecule has 0 aromatic carbocycles. The summed E-state index contributed by atoms with van der Waals surface area (Å²) >= 11 is 0. The van der Waals surface area contributed by atoms with E-state index >= 15 is 0 Å². The number of aliphatic hydroxyl groups excluding tert-OH is 1. The van der Waals surface area contributed by atoms with Gasteiger partial charge in [-0.05, 0) is 56.4 Å². The molecule has 148 valence electrons. The summed E-state index contributed by atoms with van der Waals surface area (Å²) in [5.41, 5.74) is -3.45. The average molecular weight is 378 g/mol. The van der Waals surface area contributed by atoms with Crippen LogP contribution in [-0.2, 0) is 14.4 Å². The van der Waals surface area contributed by atoms with E-state index in [1.54, 1.807) is 0 Å². The third-order valence-corrected chi connectivity index (χ3v) is 8.65. The number of hydrogen-bond donors (Lipinski definition) is 4. The van der Waals surface area contributed by atoms with Crippen molar-refractivity contribution in [3.8, 4) is 0 Å². The van der Waals surface area contributed by atoms with Crippen LogP contribution in [0.15, 0.2) is 12.2 Å². The Morgan fingerprint density at radius 1 is 1.07 bits per heavy atom. The molecule has 0 heterocycles. The Bertz CT molecular complexity index is 759.